The molecule has 3 rings (SSSR count). The lowest BCUT2D eigenvalue weighted by atomic mass is 10.2. The van der Waals surface area contributed by atoms with Gasteiger partial charge in [0.05, 0.1) is 16.3 Å². The second-order valence-corrected chi connectivity index (χ2v) is 8.29. The summed E-state index contributed by atoms with van der Waals surface area (Å²) in [6.45, 7) is 5.88. The van der Waals surface area contributed by atoms with Crippen LogP contribution in [0.5, 0.6) is 0 Å². The van der Waals surface area contributed by atoms with Crippen LogP contribution in [0.3, 0.4) is 0 Å². The number of hydrogen-bond donors (Lipinski definition) is 3. The van der Waals surface area contributed by atoms with Gasteiger partial charge in [-0.15, -0.1) is 0 Å². The Morgan fingerprint density at radius 1 is 0.966 bits per heavy atom. The average molecular weight is 406 g/mol. The van der Waals surface area contributed by atoms with Crippen molar-refractivity contribution in [1.82, 2.24) is 0 Å². The first-order valence-electron chi connectivity index (χ1n) is 9.01. The zero-order chi connectivity index (χ0) is 20.9. The van der Waals surface area contributed by atoms with E-state index in [2.05, 4.69) is 16.6 Å². The number of allylic oxidation sites excluding steroid dienone is 1. The minimum absolute atomic E-state index is 0.231. The Balaban J connectivity index is 1.64. The molecule has 0 atom stereocenters. The fraction of sp³-hybridized carbons (Fsp3) is 0.0435. The van der Waals surface area contributed by atoms with Crippen molar-refractivity contribution in [1.29, 1.82) is 0 Å². The normalized spacial score (nSPS) is 11.3. The van der Waals surface area contributed by atoms with E-state index in [1.165, 1.54) is 0 Å². The number of aryl methyl sites for hydroxylation is 1. The smallest absolute Gasteiger partial charge is 0.261 e. The van der Waals surface area contributed by atoms with Crippen molar-refractivity contribution >= 4 is 33.2 Å². The third-order valence-electron chi connectivity index (χ3n) is 4.23. The first-order chi connectivity index (χ1) is 13.8. The lowest BCUT2D eigenvalue weighted by Gasteiger charge is -2.09. The molecule has 148 valence electrons. The summed E-state index contributed by atoms with van der Waals surface area (Å²) in [6.07, 6.45) is 3.71. The van der Waals surface area contributed by atoms with E-state index in [-0.39, 0.29) is 4.90 Å². The van der Waals surface area contributed by atoms with Crippen molar-refractivity contribution in [2.24, 2.45) is 0 Å². The predicted octanol–water partition coefficient (Wildman–Crippen LogP) is 5.02. The van der Waals surface area contributed by atoms with Crippen LogP contribution in [0.1, 0.15) is 11.1 Å². The lowest BCUT2D eigenvalue weighted by molar-refractivity contribution is 0.601. The maximum atomic E-state index is 12.5. The van der Waals surface area contributed by atoms with Gasteiger partial charge in [-0.05, 0) is 55.0 Å². The van der Waals surface area contributed by atoms with Gasteiger partial charge in [-0.3, -0.25) is 4.72 Å². The van der Waals surface area contributed by atoms with E-state index in [0.717, 1.165) is 16.8 Å². The molecular formula is C23H23N3O2S. The van der Waals surface area contributed by atoms with Gasteiger partial charge in [0.2, 0.25) is 0 Å². The van der Waals surface area contributed by atoms with Gasteiger partial charge in [-0.25, -0.2) is 8.42 Å². The summed E-state index contributed by atoms with van der Waals surface area (Å²) in [6, 6.07) is 21.3. The monoisotopic (exact) mass is 405 g/mol. The molecule has 6 heteroatoms. The topological polar surface area (TPSA) is 84.2 Å². The summed E-state index contributed by atoms with van der Waals surface area (Å²) < 4.78 is 27.5. The van der Waals surface area contributed by atoms with Gasteiger partial charge in [-0.1, -0.05) is 54.6 Å². The molecule has 0 fully saturated rings. The van der Waals surface area contributed by atoms with Crippen molar-refractivity contribution in [2.45, 2.75) is 11.8 Å². The van der Waals surface area contributed by atoms with Gasteiger partial charge < -0.3 is 11.1 Å². The van der Waals surface area contributed by atoms with Gasteiger partial charge in [0.15, 0.2) is 0 Å². The van der Waals surface area contributed by atoms with Crippen LogP contribution in [-0.4, -0.2) is 8.42 Å². The number of rotatable bonds is 7. The van der Waals surface area contributed by atoms with Crippen LogP contribution in [0.2, 0.25) is 0 Å². The predicted molar refractivity (Wildman–Crippen MR) is 121 cm³/mol. The standard InChI is InChI=1S/C23H23N3O2S/c1-17-7-15-21(16-8-17)29(27,28)26-20-13-11-19(12-14-20)10-9-18(2)25-23-6-4-3-5-22(23)24/h3-16,25-26H,2,24H2,1H3/b10-9+. The van der Waals surface area contributed by atoms with Crippen LogP contribution < -0.4 is 15.8 Å². The zero-order valence-corrected chi connectivity index (χ0v) is 16.9. The van der Waals surface area contributed by atoms with Gasteiger partial charge in [0, 0.05) is 11.4 Å². The first kappa shape index (κ1) is 20.2. The van der Waals surface area contributed by atoms with E-state index in [9.17, 15) is 8.42 Å². The van der Waals surface area contributed by atoms with E-state index in [4.69, 9.17) is 5.73 Å². The highest BCUT2D eigenvalue weighted by atomic mass is 32.2. The summed E-state index contributed by atoms with van der Waals surface area (Å²) in [5, 5.41) is 3.15. The van der Waals surface area contributed by atoms with Crippen molar-refractivity contribution < 1.29 is 8.42 Å². The van der Waals surface area contributed by atoms with Crippen molar-refractivity contribution in [2.75, 3.05) is 15.8 Å². The van der Waals surface area contributed by atoms with Gasteiger partial charge in [0.1, 0.15) is 0 Å². The number of anilines is 3. The Labute approximate surface area is 171 Å². The highest BCUT2D eigenvalue weighted by Crippen LogP contribution is 2.20. The van der Waals surface area contributed by atoms with Crippen LogP contribution in [0, 0.1) is 6.92 Å². The maximum absolute atomic E-state index is 12.5. The summed E-state index contributed by atoms with van der Waals surface area (Å²) in [5.74, 6) is 0. The Kier molecular flexibility index (Phi) is 6.04. The number of nitrogen functional groups attached to an aromatic ring is 1. The van der Waals surface area contributed by atoms with Crippen LogP contribution in [0.15, 0.2) is 96.0 Å². The third kappa shape index (κ3) is 5.49. The summed E-state index contributed by atoms with van der Waals surface area (Å²) in [7, 11) is -3.61. The maximum Gasteiger partial charge on any atom is 0.261 e. The van der Waals surface area contributed by atoms with Gasteiger partial charge >= 0.3 is 0 Å². The van der Waals surface area contributed by atoms with E-state index < -0.39 is 10.0 Å². The van der Waals surface area contributed by atoms with Crippen LogP contribution in [-0.2, 0) is 10.0 Å². The largest absolute Gasteiger partial charge is 0.397 e. The molecule has 0 bridgehead atoms. The fourth-order valence-electron chi connectivity index (χ4n) is 2.62. The molecule has 0 radical (unpaired) electrons. The van der Waals surface area contributed by atoms with Crippen molar-refractivity contribution in [3.05, 3.63) is 102 Å². The van der Waals surface area contributed by atoms with Crippen molar-refractivity contribution in [3.63, 3.8) is 0 Å². The number of nitrogens with two attached hydrogens (primary N) is 1. The second-order valence-electron chi connectivity index (χ2n) is 6.61. The molecule has 29 heavy (non-hydrogen) atoms. The number of para-hydroxylation sites is 2. The molecule has 4 N–H and O–H groups in total. The molecular weight excluding hydrogens is 382 g/mol. The Morgan fingerprint density at radius 2 is 1.62 bits per heavy atom. The lowest BCUT2D eigenvalue weighted by Crippen LogP contribution is -2.12. The second kappa shape index (κ2) is 8.67. The minimum atomic E-state index is -3.61. The Morgan fingerprint density at radius 3 is 2.28 bits per heavy atom. The fourth-order valence-corrected chi connectivity index (χ4v) is 3.67. The molecule has 0 unspecified atom stereocenters. The molecule has 0 spiro atoms. The first-order valence-corrected chi connectivity index (χ1v) is 10.5. The number of sulfonamides is 1. The summed E-state index contributed by atoms with van der Waals surface area (Å²) in [5.41, 5.74) is 10.4. The van der Waals surface area contributed by atoms with Crippen LogP contribution in [0.25, 0.3) is 6.08 Å². The molecule has 0 aliphatic carbocycles. The molecule has 0 aromatic heterocycles. The van der Waals surface area contributed by atoms with Crippen LogP contribution in [0.4, 0.5) is 17.1 Å². The van der Waals surface area contributed by atoms with E-state index in [1.54, 1.807) is 36.4 Å². The molecule has 3 aromatic rings. The Bertz CT molecular complexity index is 1130. The molecule has 0 saturated carbocycles. The molecule has 0 amide bonds. The quantitative estimate of drug-likeness (QED) is 0.381. The number of hydrogen-bond acceptors (Lipinski definition) is 4. The molecule has 5 nitrogen and oxygen atoms in total. The Hall–Kier alpha value is -3.51. The van der Waals surface area contributed by atoms with Crippen molar-refractivity contribution in [3.8, 4) is 0 Å². The van der Waals surface area contributed by atoms with Gasteiger partial charge in [0.25, 0.3) is 10.0 Å². The molecule has 0 heterocycles. The summed E-state index contributed by atoms with van der Waals surface area (Å²) in [4.78, 5) is 0.231. The average Bonchev–Trinajstić information content (AvgIpc) is 2.69. The molecule has 0 aliphatic heterocycles. The highest BCUT2D eigenvalue weighted by Gasteiger charge is 2.13. The summed E-state index contributed by atoms with van der Waals surface area (Å²) >= 11 is 0. The molecule has 0 aliphatic rings. The minimum Gasteiger partial charge on any atom is -0.397 e. The van der Waals surface area contributed by atoms with E-state index in [1.807, 2.05) is 55.5 Å². The van der Waals surface area contributed by atoms with Crippen LogP contribution >= 0.6 is 0 Å². The molecule has 0 saturated heterocycles. The zero-order valence-electron chi connectivity index (χ0n) is 16.1. The molecule has 3 aromatic carbocycles. The third-order valence-corrected chi connectivity index (χ3v) is 5.62. The number of benzene rings is 3. The van der Waals surface area contributed by atoms with E-state index >= 15 is 0 Å². The number of nitrogens with one attached hydrogen (secondary N) is 2. The van der Waals surface area contributed by atoms with Gasteiger partial charge in [-0.2, -0.15) is 0 Å². The van der Waals surface area contributed by atoms with E-state index in [0.29, 0.717) is 17.1 Å². The highest BCUT2D eigenvalue weighted by molar-refractivity contribution is 7.92. The SMILES string of the molecule is C=C(/C=C/c1ccc(NS(=O)(=O)c2ccc(C)cc2)cc1)Nc1ccccc1N.